The maximum atomic E-state index is 13.0. The summed E-state index contributed by atoms with van der Waals surface area (Å²) in [4.78, 5) is 6.62. The van der Waals surface area contributed by atoms with Gasteiger partial charge in [0.1, 0.15) is 18.2 Å². The lowest BCUT2D eigenvalue weighted by atomic mass is 10.1. The van der Waals surface area contributed by atoms with Crippen LogP contribution in [0.5, 0.6) is 5.75 Å². The fraction of sp³-hybridized carbons (Fsp3) is 0.333. The Labute approximate surface area is 171 Å². The van der Waals surface area contributed by atoms with Crippen LogP contribution in [0.4, 0.5) is 13.2 Å². The molecule has 0 amide bonds. The van der Waals surface area contributed by atoms with Crippen molar-refractivity contribution < 1.29 is 22.6 Å². The minimum atomic E-state index is -4.41. The summed E-state index contributed by atoms with van der Waals surface area (Å²) < 4.78 is 50.3. The van der Waals surface area contributed by atoms with Crippen LogP contribution in [0.25, 0.3) is 11.4 Å². The van der Waals surface area contributed by atoms with Gasteiger partial charge in [-0.15, -0.1) is 0 Å². The average molecular weight is 418 g/mol. The quantitative estimate of drug-likeness (QED) is 0.657. The van der Waals surface area contributed by atoms with Crippen molar-refractivity contribution in [3.05, 3.63) is 66.0 Å². The molecule has 3 aromatic rings. The zero-order valence-electron chi connectivity index (χ0n) is 16.1. The molecule has 4 rings (SSSR count). The Balaban J connectivity index is 1.45. The molecule has 1 atom stereocenters. The monoisotopic (exact) mass is 418 g/mol. The fourth-order valence-corrected chi connectivity index (χ4v) is 3.34. The molecule has 1 aliphatic rings. The minimum Gasteiger partial charge on any atom is -0.492 e. The van der Waals surface area contributed by atoms with Crippen LogP contribution in [0.15, 0.2) is 54.6 Å². The predicted octanol–water partition coefficient (Wildman–Crippen LogP) is 3.94. The topological polar surface area (TPSA) is 63.3 Å². The molecule has 0 saturated carbocycles. The Morgan fingerprint density at radius 2 is 1.97 bits per heavy atom. The van der Waals surface area contributed by atoms with E-state index in [4.69, 9.17) is 9.47 Å². The van der Waals surface area contributed by atoms with Crippen LogP contribution >= 0.6 is 0 Å². The van der Waals surface area contributed by atoms with Crippen molar-refractivity contribution in [2.45, 2.75) is 12.2 Å². The number of nitrogens with zero attached hydrogens (tertiary/aromatic N) is 3. The Hall–Kier alpha value is -2.91. The van der Waals surface area contributed by atoms with Gasteiger partial charge >= 0.3 is 6.18 Å². The predicted molar refractivity (Wildman–Crippen MR) is 104 cm³/mol. The third kappa shape index (κ3) is 4.80. The summed E-state index contributed by atoms with van der Waals surface area (Å²) in [5, 5.41) is 7.00. The van der Waals surface area contributed by atoms with Gasteiger partial charge in [-0.25, -0.2) is 4.98 Å². The number of morpholine rings is 1. The number of para-hydroxylation sites is 1. The second kappa shape index (κ2) is 8.85. The number of aromatic nitrogens is 3. The number of H-pyrrole nitrogens is 1. The summed E-state index contributed by atoms with van der Waals surface area (Å²) in [6.07, 6.45) is -4.41. The fourth-order valence-electron chi connectivity index (χ4n) is 3.34. The number of hydrogen-bond donors (Lipinski definition) is 1. The first kappa shape index (κ1) is 20.4. The number of benzene rings is 2. The summed E-state index contributed by atoms with van der Waals surface area (Å²) in [6.45, 7) is 2.86. The third-order valence-corrected chi connectivity index (χ3v) is 4.90. The van der Waals surface area contributed by atoms with Crippen molar-refractivity contribution in [2.75, 3.05) is 32.9 Å². The van der Waals surface area contributed by atoms with Crippen molar-refractivity contribution in [1.82, 2.24) is 20.1 Å². The van der Waals surface area contributed by atoms with E-state index >= 15 is 0 Å². The van der Waals surface area contributed by atoms with Gasteiger partial charge in [0.05, 0.1) is 24.8 Å². The molecule has 1 N–H and O–H groups in total. The number of ether oxygens (including phenoxy) is 2. The molecule has 2 aromatic carbocycles. The molecular formula is C21H21F3N4O2. The molecule has 0 aliphatic carbocycles. The number of alkyl halides is 3. The zero-order chi connectivity index (χ0) is 21.0. The molecule has 1 unspecified atom stereocenters. The first-order chi connectivity index (χ1) is 14.5. The number of hydrogen-bond acceptors (Lipinski definition) is 5. The molecule has 2 heterocycles. The van der Waals surface area contributed by atoms with Crippen LogP contribution in [0, 0.1) is 0 Å². The number of aromatic amines is 1. The van der Waals surface area contributed by atoms with Crippen molar-refractivity contribution in [1.29, 1.82) is 0 Å². The molecule has 1 aliphatic heterocycles. The molecule has 1 aromatic heterocycles. The normalized spacial score (nSPS) is 17.8. The van der Waals surface area contributed by atoms with Crippen LogP contribution in [-0.4, -0.2) is 53.0 Å². The number of halogens is 3. The SMILES string of the molecule is FC(F)(F)c1cccc(-c2n[nH]c(C3COCCN3CCOc3ccccc3)n2)c1. The average Bonchev–Trinajstić information content (AvgIpc) is 3.25. The number of rotatable bonds is 6. The molecule has 6 nitrogen and oxygen atoms in total. The van der Waals surface area contributed by atoms with E-state index in [2.05, 4.69) is 20.1 Å². The first-order valence-electron chi connectivity index (χ1n) is 9.60. The van der Waals surface area contributed by atoms with Gasteiger partial charge in [0.25, 0.3) is 0 Å². The van der Waals surface area contributed by atoms with E-state index in [0.717, 1.165) is 17.9 Å². The molecule has 158 valence electrons. The molecule has 9 heteroatoms. The summed E-state index contributed by atoms with van der Waals surface area (Å²) in [6, 6.07) is 14.4. The van der Waals surface area contributed by atoms with Gasteiger partial charge in [0, 0.05) is 18.7 Å². The molecule has 0 bridgehead atoms. The standard InChI is InChI=1S/C21H21F3N4O2/c22-21(23,24)16-6-4-5-15(13-16)19-25-20(27-26-19)18-14-29-11-9-28(18)10-12-30-17-7-2-1-3-8-17/h1-8,13,18H,9-12,14H2,(H,25,26,27). The summed E-state index contributed by atoms with van der Waals surface area (Å²) in [5.74, 6) is 1.58. The molecule has 30 heavy (non-hydrogen) atoms. The highest BCUT2D eigenvalue weighted by Crippen LogP contribution is 2.32. The summed E-state index contributed by atoms with van der Waals surface area (Å²) in [5.41, 5.74) is -0.421. The van der Waals surface area contributed by atoms with Crippen LogP contribution in [0.2, 0.25) is 0 Å². The highest BCUT2D eigenvalue weighted by atomic mass is 19.4. The van der Waals surface area contributed by atoms with E-state index in [-0.39, 0.29) is 11.9 Å². The lowest BCUT2D eigenvalue weighted by molar-refractivity contribution is -0.137. The second-order valence-electron chi connectivity index (χ2n) is 6.91. The van der Waals surface area contributed by atoms with E-state index in [0.29, 0.717) is 44.3 Å². The Bertz CT molecular complexity index is 962. The van der Waals surface area contributed by atoms with Gasteiger partial charge in [-0.3, -0.25) is 10.00 Å². The van der Waals surface area contributed by atoms with Gasteiger partial charge in [-0.1, -0.05) is 30.3 Å². The Morgan fingerprint density at radius 1 is 1.13 bits per heavy atom. The highest BCUT2D eigenvalue weighted by Gasteiger charge is 2.31. The van der Waals surface area contributed by atoms with E-state index in [1.807, 2.05) is 30.3 Å². The van der Waals surface area contributed by atoms with E-state index in [9.17, 15) is 13.2 Å². The van der Waals surface area contributed by atoms with E-state index < -0.39 is 11.7 Å². The Kier molecular flexibility index (Phi) is 6.01. The van der Waals surface area contributed by atoms with Gasteiger partial charge in [0.2, 0.25) is 0 Å². The van der Waals surface area contributed by atoms with Crippen LogP contribution < -0.4 is 4.74 Å². The Morgan fingerprint density at radius 3 is 2.77 bits per heavy atom. The van der Waals surface area contributed by atoms with Crippen LogP contribution in [0.1, 0.15) is 17.4 Å². The van der Waals surface area contributed by atoms with Crippen LogP contribution in [0.3, 0.4) is 0 Å². The van der Waals surface area contributed by atoms with Crippen molar-refractivity contribution in [3.8, 4) is 17.1 Å². The van der Waals surface area contributed by atoms with E-state index in [1.165, 1.54) is 6.07 Å². The summed E-state index contributed by atoms with van der Waals surface area (Å²) in [7, 11) is 0. The minimum absolute atomic E-state index is 0.176. The molecule has 1 fully saturated rings. The van der Waals surface area contributed by atoms with Crippen molar-refractivity contribution in [3.63, 3.8) is 0 Å². The molecule has 0 radical (unpaired) electrons. The maximum Gasteiger partial charge on any atom is 0.416 e. The highest BCUT2D eigenvalue weighted by molar-refractivity contribution is 5.56. The van der Waals surface area contributed by atoms with Crippen molar-refractivity contribution >= 4 is 0 Å². The van der Waals surface area contributed by atoms with Crippen molar-refractivity contribution in [2.24, 2.45) is 0 Å². The molecular weight excluding hydrogens is 397 g/mol. The zero-order valence-corrected chi connectivity index (χ0v) is 16.1. The van der Waals surface area contributed by atoms with Gasteiger partial charge < -0.3 is 9.47 Å². The van der Waals surface area contributed by atoms with Gasteiger partial charge in [-0.05, 0) is 24.3 Å². The maximum absolute atomic E-state index is 13.0. The first-order valence-corrected chi connectivity index (χ1v) is 9.60. The van der Waals surface area contributed by atoms with Gasteiger partial charge in [0.15, 0.2) is 5.82 Å². The molecule has 0 spiro atoms. The summed E-state index contributed by atoms with van der Waals surface area (Å²) >= 11 is 0. The molecule has 1 saturated heterocycles. The second-order valence-corrected chi connectivity index (χ2v) is 6.91. The van der Waals surface area contributed by atoms with Crippen LogP contribution in [-0.2, 0) is 10.9 Å². The smallest absolute Gasteiger partial charge is 0.416 e. The van der Waals surface area contributed by atoms with Gasteiger partial charge in [-0.2, -0.15) is 18.3 Å². The van der Waals surface area contributed by atoms with E-state index in [1.54, 1.807) is 6.07 Å². The third-order valence-electron chi connectivity index (χ3n) is 4.90. The largest absolute Gasteiger partial charge is 0.492 e. The lowest BCUT2D eigenvalue weighted by Crippen LogP contribution is -2.42. The lowest BCUT2D eigenvalue weighted by Gasteiger charge is -2.33. The number of nitrogens with one attached hydrogen (secondary N) is 1.